The molecule has 16 heteroatoms. The smallest absolute Gasteiger partial charge is 0.407 e. The Labute approximate surface area is 315 Å². The minimum absolute atomic E-state index is 0.0656. The van der Waals surface area contributed by atoms with Gasteiger partial charge in [-0.25, -0.2) is 9.59 Å². The van der Waals surface area contributed by atoms with Crippen LogP contribution in [0, 0.1) is 17.8 Å². The Hall–Kier alpha value is -2.54. The number of carbonyl (C=O) groups is 3. The molecule has 2 rings (SSSR count). The number of alkyl carbamates (subject to hydrolysis) is 1. The summed E-state index contributed by atoms with van der Waals surface area (Å²) in [6.45, 7) is 24.8. The fourth-order valence-electron chi connectivity index (χ4n) is 7.63. The van der Waals surface area contributed by atoms with Crippen molar-refractivity contribution < 1.29 is 32.1 Å². The van der Waals surface area contributed by atoms with Crippen molar-refractivity contribution >= 4 is 49.2 Å². The number of aromatic nitrogens is 2. The average molecular weight is 784 g/mol. The van der Waals surface area contributed by atoms with Gasteiger partial charge in [-0.3, -0.25) is 14.9 Å². The molecule has 13 nitrogen and oxygen atoms in total. The Morgan fingerprint density at radius 1 is 0.885 bits per heavy atom. The topological polar surface area (TPSA) is 170 Å². The molecule has 1 heterocycles. The summed E-state index contributed by atoms with van der Waals surface area (Å²) < 4.78 is 23.8. The maximum absolute atomic E-state index is 12.7. The lowest BCUT2D eigenvalue weighted by atomic mass is 9.62. The molecule has 2 atom stereocenters. The van der Waals surface area contributed by atoms with E-state index in [9.17, 15) is 19.2 Å². The van der Waals surface area contributed by atoms with E-state index in [-0.39, 0.29) is 35.4 Å². The van der Waals surface area contributed by atoms with Gasteiger partial charge in [0.2, 0.25) is 5.95 Å². The second-order valence-corrected chi connectivity index (χ2v) is 30.4. The zero-order valence-corrected chi connectivity index (χ0v) is 37.0. The SMILES string of the molecule is Cc1cc(=O)nc(NC(=O)NC2CC(C)(C)CC(C)(CNC(=O)OCCCCCC(=O)OCCCCCC[Si](C)(C)O[Si](C)(C)O[Si](C)(C)C)C2)[nH]1. The molecule has 52 heavy (non-hydrogen) atoms. The van der Waals surface area contributed by atoms with Crippen molar-refractivity contribution in [3.8, 4) is 0 Å². The van der Waals surface area contributed by atoms with E-state index in [2.05, 4.69) is 92.5 Å². The van der Waals surface area contributed by atoms with Crippen molar-refractivity contribution in [2.24, 2.45) is 10.8 Å². The summed E-state index contributed by atoms with van der Waals surface area (Å²) in [6, 6.07) is 1.89. The summed E-state index contributed by atoms with van der Waals surface area (Å²) in [5, 5.41) is 8.53. The highest BCUT2D eigenvalue weighted by molar-refractivity contribution is 6.87. The van der Waals surface area contributed by atoms with E-state index in [1.165, 1.54) is 6.07 Å². The number of hydrogen-bond donors (Lipinski definition) is 4. The lowest BCUT2D eigenvalue weighted by Gasteiger charge is -2.46. The molecule has 0 spiro atoms. The second kappa shape index (κ2) is 20.2. The number of carbonyl (C=O) groups excluding carboxylic acids is 3. The number of ether oxygens (including phenoxy) is 2. The normalized spacial score (nSPS) is 19.1. The fourth-order valence-corrected chi connectivity index (χ4v) is 20.9. The van der Waals surface area contributed by atoms with Crippen LogP contribution in [0.15, 0.2) is 10.9 Å². The van der Waals surface area contributed by atoms with Crippen LogP contribution in [0.4, 0.5) is 15.5 Å². The van der Waals surface area contributed by atoms with E-state index < -0.39 is 42.9 Å². The first-order chi connectivity index (χ1) is 24.0. The van der Waals surface area contributed by atoms with Gasteiger partial charge in [0.15, 0.2) is 16.6 Å². The summed E-state index contributed by atoms with van der Waals surface area (Å²) in [5.74, 6) is -0.0787. The first-order valence-electron chi connectivity index (χ1n) is 19.1. The predicted octanol–water partition coefficient (Wildman–Crippen LogP) is 7.95. The molecule has 1 fully saturated rings. The molecule has 0 bridgehead atoms. The fraction of sp³-hybridized carbons (Fsp3) is 0.806. The maximum atomic E-state index is 12.7. The van der Waals surface area contributed by atoms with Crippen molar-refractivity contribution in [2.75, 3.05) is 25.1 Å². The van der Waals surface area contributed by atoms with E-state index in [0.29, 0.717) is 44.5 Å². The maximum Gasteiger partial charge on any atom is 0.407 e. The van der Waals surface area contributed by atoms with Crippen LogP contribution in [0.25, 0.3) is 0 Å². The second-order valence-electron chi connectivity index (χ2n) is 17.8. The minimum atomic E-state index is -2.10. The number of esters is 1. The summed E-state index contributed by atoms with van der Waals surface area (Å²) in [5.41, 5.74) is -0.153. The Morgan fingerprint density at radius 3 is 2.17 bits per heavy atom. The van der Waals surface area contributed by atoms with Crippen LogP contribution >= 0.6 is 0 Å². The molecule has 1 aliphatic carbocycles. The summed E-state index contributed by atoms with van der Waals surface area (Å²) >= 11 is 0. The monoisotopic (exact) mass is 783 g/mol. The van der Waals surface area contributed by atoms with Gasteiger partial charge >= 0.3 is 26.7 Å². The largest absolute Gasteiger partial charge is 0.466 e. The van der Waals surface area contributed by atoms with Crippen molar-refractivity contribution in [1.82, 2.24) is 20.6 Å². The number of nitrogens with zero attached hydrogens (tertiary/aromatic N) is 1. The molecule has 0 saturated heterocycles. The van der Waals surface area contributed by atoms with E-state index in [4.69, 9.17) is 17.7 Å². The van der Waals surface area contributed by atoms with Crippen LogP contribution in [-0.4, -0.2) is 79.1 Å². The standard InChI is InChI=1S/C36H69N5O8Si3/c1-28-23-30(42)40-32(38-28)41-33(44)39-29-24-35(2,3)26-36(4,25-29)27-37-34(45)47-21-17-14-15-19-31(43)46-20-16-12-13-18-22-51(8,9)49-52(10,11)48-50(5,6)7/h23,29H,12-22,24-27H2,1-11H3,(H,37,45)(H3,38,39,40,41,42,44). The molecule has 1 saturated carbocycles. The molecular weight excluding hydrogens is 715 g/mol. The Balaban J connectivity index is 1.55. The molecule has 2 unspecified atom stereocenters. The van der Waals surface area contributed by atoms with Gasteiger partial charge in [0.1, 0.15) is 0 Å². The van der Waals surface area contributed by atoms with E-state index in [1.54, 1.807) is 6.92 Å². The lowest BCUT2D eigenvalue weighted by molar-refractivity contribution is -0.143. The molecule has 1 aromatic heterocycles. The number of hydrogen-bond acceptors (Lipinski definition) is 9. The summed E-state index contributed by atoms with van der Waals surface area (Å²) in [4.78, 5) is 55.7. The molecule has 1 aliphatic rings. The van der Waals surface area contributed by atoms with Crippen molar-refractivity contribution in [2.45, 2.75) is 156 Å². The minimum Gasteiger partial charge on any atom is -0.466 e. The molecule has 4 N–H and O–H groups in total. The Morgan fingerprint density at radius 2 is 1.52 bits per heavy atom. The van der Waals surface area contributed by atoms with Crippen molar-refractivity contribution in [3.05, 3.63) is 22.1 Å². The summed E-state index contributed by atoms with van der Waals surface area (Å²) in [6.07, 6.45) is 8.46. The predicted molar refractivity (Wildman–Crippen MR) is 214 cm³/mol. The van der Waals surface area contributed by atoms with Gasteiger partial charge in [-0.2, -0.15) is 4.98 Å². The number of unbranched alkanes of at least 4 members (excludes halogenated alkanes) is 5. The third-order valence-corrected chi connectivity index (χ3v) is 19.0. The zero-order chi connectivity index (χ0) is 39.2. The molecule has 3 amide bonds. The van der Waals surface area contributed by atoms with Gasteiger partial charge < -0.3 is 33.3 Å². The highest BCUT2D eigenvalue weighted by Gasteiger charge is 2.42. The number of aryl methyl sites for hydroxylation is 1. The summed E-state index contributed by atoms with van der Waals surface area (Å²) in [7, 11) is -5.50. The lowest BCUT2D eigenvalue weighted by Crippen LogP contribution is -2.51. The van der Waals surface area contributed by atoms with E-state index >= 15 is 0 Å². The van der Waals surface area contributed by atoms with Crippen LogP contribution in [0.5, 0.6) is 0 Å². The first-order valence-corrected chi connectivity index (χ1v) is 28.4. The van der Waals surface area contributed by atoms with Crippen LogP contribution in [-0.2, 0) is 22.5 Å². The van der Waals surface area contributed by atoms with Gasteiger partial charge in [-0.05, 0) is 115 Å². The van der Waals surface area contributed by atoms with E-state index in [1.807, 2.05) is 0 Å². The average Bonchev–Trinajstić information content (AvgIpc) is 2.93. The number of aromatic amines is 1. The number of rotatable bonds is 21. The highest BCUT2D eigenvalue weighted by atomic mass is 28.5. The Kier molecular flexibility index (Phi) is 17.7. The zero-order valence-electron chi connectivity index (χ0n) is 34.0. The number of H-pyrrole nitrogens is 1. The molecule has 1 aromatic rings. The van der Waals surface area contributed by atoms with Gasteiger partial charge in [-0.1, -0.05) is 40.0 Å². The van der Waals surface area contributed by atoms with Gasteiger partial charge in [0, 0.05) is 30.8 Å². The van der Waals surface area contributed by atoms with Crippen molar-refractivity contribution in [1.29, 1.82) is 0 Å². The number of anilines is 1. The van der Waals surface area contributed by atoms with Gasteiger partial charge in [0.05, 0.1) is 13.2 Å². The highest BCUT2D eigenvalue weighted by Crippen LogP contribution is 2.45. The third-order valence-electron chi connectivity index (χ3n) is 8.82. The van der Waals surface area contributed by atoms with Gasteiger partial charge in [0.25, 0.3) is 5.56 Å². The van der Waals surface area contributed by atoms with Crippen LogP contribution < -0.4 is 21.5 Å². The Bertz CT molecular complexity index is 1370. The van der Waals surface area contributed by atoms with E-state index in [0.717, 1.165) is 51.0 Å². The molecular formula is C36H69N5O8Si3. The van der Waals surface area contributed by atoms with Crippen molar-refractivity contribution in [3.63, 3.8) is 0 Å². The van der Waals surface area contributed by atoms with Crippen LogP contribution in [0.3, 0.4) is 0 Å². The first kappa shape index (κ1) is 45.6. The van der Waals surface area contributed by atoms with Crippen LogP contribution in [0.2, 0.25) is 51.9 Å². The number of amides is 3. The third kappa shape index (κ3) is 20.1. The molecule has 0 aliphatic heterocycles. The molecule has 0 radical (unpaired) electrons. The number of nitrogens with one attached hydrogen (secondary N) is 4. The quantitative estimate of drug-likeness (QED) is 0.0549. The number of urea groups is 1. The molecule has 0 aromatic carbocycles. The molecule has 298 valence electrons. The van der Waals surface area contributed by atoms with Crippen LogP contribution in [0.1, 0.15) is 97.1 Å². The van der Waals surface area contributed by atoms with Gasteiger partial charge in [-0.15, -0.1) is 0 Å².